The molecule has 1 aromatic heterocycles. The molecular weight excluding hydrogens is 190 g/mol. The van der Waals surface area contributed by atoms with Crippen LogP contribution in [0.3, 0.4) is 0 Å². The molecule has 0 saturated carbocycles. The van der Waals surface area contributed by atoms with E-state index < -0.39 is 0 Å². The highest BCUT2D eigenvalue weighted by molar-refractivity contribution is 5.89. The summed E-state index contributed by atoms with van der Waals surface area (Å²) in [5, 5.41) is 0.686. The molecule has 2 rings (SSSR count). The molecule has 1 heterocycles. The van der Waals surface area contributed by atoms with Crippen molar-refractivity contribution in [1.82, 2.24) is 9.36 Å². The minimum atomic E-state index is 0.0230. The van der Waals surface area contributed by atoms with Crippen molar-refractivity contribution in [3.05, 3.63) is 28.6 Å². The van der Waals surface area contributed by atoms with Gasteiger partial charge in [0.15, 0.2) is 0 Å². The number of hydrogen-bond acceptors (Lipinski definition) is 2. The van der Waals surface area contributed by atoms with Crippen molar-refractivity contribution in [1.29, 1.82) is 0 Å². The van der Waals surface area contributed by atoms with E-state index in [1.54, 1.807) is 4.68 Å². The molecule has 1 aromatic carbocycles. The molecule has 80 valence electrons. The SMILES string of the molecule is CC(C)n1c(=O)c2cccc(N)c2n1C. The molecule has 0 amide bonds. The third-order valence-electron chi connectivity index (χ3n) is 2.64. The maximum Gasteiger partial charge on any atom is 0.274 e. The van der Waals surface area contributed by atoms with Gasteiger partial charge in [0.05, 0.1) is 16.6 Å². The fraction of sp³-hybridized carbons (Fsp3) is 0.364. The number of benzene rings is 1. The Kier molecular flexibility index (Phi) is 2.07. The Morgan fingerprint density at radius 2 is 2.00 bits per heavy atom. The number of para-hydroxylation sites is 1. The van der Waals surface area contributed by atoms with Crippen LogP contribution in [0.4, 0.5) is 5.69 Å². The molecule has 0 aliphatic heterocycles. The Morgan fingerprint density at radius 3 is 2.53 bits per heavy atom. The van der Waals surface area contributed by atoms with Gasteiger partial charge in [-0.3, -0.25) is 9.48 Å². The Morgan fingerprint density at radius 1 is 1.33 bits per heavy atom. The number of fused-ring (bicyclic) bond motifs is 1. The van der Waals surface area contributed by atoms with Gasteiger partial charge in [-0.25, -0.2) is 4.68 Å². The number of hydrogen-bond donors (Lipinski definition) is 1. The highest BCUT2D eigenvalue weighted by Crippen LogP contribution is 2.19. The van der Waals surface area contributed by atoms with Crippen LogP contribution in [0.5, 0.6) is 0 Å². The molecule has 0 radical (unpaired) electrons. The second kappa shape index (κ2) is 3.15. The monoisotopic (exact) mass is 205 g/mol. The van der Waals surface area contributed by atoms with Gasteiger partial charge in [0.25, 0.3) is 5.56 Å². The van der Waals surface area contributed by atoms with Gasteiger partial charge in [0, 0.05) is 13.1 Å². The summed E-state index contributed by atoms with van der Waals surface area (Å²) >= 11 is 0. The van der Waals surface area contributed by atoms with Gasteiger partial charge in [0.2, 0.25) is 0 Å². The second-order valence-corrected chi connectivity index (χ2v) is 4.01. The van der Waals surface area contributed by atoms with Gasteiger partial charge in [-0.05, 0) is 26.0 Å². The number of rotatable bonds is 1. The predicted octanol–water partition coefficient (Wildman–Crippen LogP) is 1.50. The topological polar surface area (TPSA) is 52.9 Å². The Bertz CT molecular complexity index is 563. The van der Waals surface area contributed by atoms with E-state index in [4.69, 9.17) is 5.73 Å². The van der Waals surface area contributed by atoms with Crippen LogP contribution in [0.2, 0.25) is 0 Å². The zero-order valence-electron chi connectivity index (χ0n) is 9.19. The molecule has 0 atom stereocenters. The molecule has 0 spiro atoms. The summed E-state index contributed by atoms with van der Waals surface area (Å²) in [6.45, 7) is 3.97. The quantitative estimate of drug-likeness (QED) is 0.717. The standard InChI is InChI=1S/C11H15N3O/c1-7(2)14-11(15)8-5-4-6-9(12)10(8)13(14)3/h4-7H,12H2,1-3H3. The molecule has 0 aliphatic rings. The number of aryl methyl sites for hydroxylation is 1. The van der Waals surface area contributed by atoms with E-state index in [2.05, 4.69) is 0 Å². The maximum atomic E-state index is 12.0. The van der Waals surface area contributed by atoms with E-state index in [1.807, 2.05) is 43.8 Å². The van der Waals surface area contributed by atoms with E-state index in [-0.39, 0.29) is 11.6 Å². The average Bonchev–Trinajstić information content (AvgIpc) is 2.40. The number of anilines is 1. The minimum Gasteiger partial charge on any atom is -0.397 e. The minimum absolute atomic E-state index is 0.0230. The highest BCUT2D eigenvalue weighted by Gasteiger charge is 2.13. The molecule has 2 aromatic rings. The summed E-state index contributed by atoms with van der Waals surface area (Å²) in [6.07, 6.45) is 0. The number of nitrogen functional groups attached to an aromatic ring is 1. The summed E-state index contributed by atoms with van der Waals surface area (Å²) in [7, 11) is 1.86. The zero-order chi connectivity index (χ0) is 11.2. The fourth-order valence-corrected chi connectivity index (χ4v) is 2.04. The lowest BCUT2D eigenvalue weighted by molar-refractivity contribution is 0.447. The number of aromatic nitrogens is 2. The Balaban J connectivity index is 2.99. The van der Waals surface area contributed by atoms with Crippen LogP contribution < -0.4 is 11.3 Å². The van der Waals surface area contributed by atoms with E-state index in [9.17, 15) is 4.79 Å². The van der Waals surface area contributed by atoms with E-state index >= 15 is 0 Å². The van der Waals surface area contributed by atoms with Crippen molar-refractivity contribution < 1.29 is 0 Å². The number of nitrogens with two attached hydrogens (primary N) is 1. The Hall–Kier alpha value is -1.71. The van der Waals surface area contributed by atoms with E-state index in [1.165, 1.54) is 0 Å². The molecule has 0 saturated heterocycles. The van der Waals surface area contributed by atoms with Gasteiger partial charge in [-0.15, -0.1) is 0 Å². The first-order valence-corrected chi connectivity index (χ1v) is 4.99. The zero-order valence-corrected chi connectivity index (χ0v) is 9.19. The first-order valence-electron chi connectivity index (χ1n) is 4.99. The molecular formula is C11H15N3O. The smallest absolute Gasteiger partial charge is 0.274 e. The normalized spacial score (nSPS) is 11.5. The summed E-state index contributed by atoms with van der Waals surface area (Å²) in [5.41, 5.74) is 7.35. The fourth-order valence-electron chi connectivity index (χ4n) is 2.04. The first-order chi connectivity index (χ1) is 7.04. The summed E-state index contributed by atoms with van der Waals surface area (Å²) < 4.78 is 3.54. The molecule has 4 heteroatoms. The summed E-state index contributed by atoms with van der Waals surface area (Å²) in [6, 6.07) is 5.57. The molecule has 2 N–H and O–H groups in total. The van der Waals surface area contributed by atoms with Crippen molar-refractivity contribution in [2.45, 2.75) is 19.9 Å². The van der Waals surface area contributed by atoms with Crippen molar-refractivity contribution in [3.63, 3.8) is 0 Å². The average molecular weight is 205 g/mol. The van der Waals surface area contributed by atoms with Crippen LogP contribution in [-0.2, 0) is 7.05 Å². The second-order valence-electron chi connectivity index (χ2n) is 4.01. The van der Waals surface area contributed by atoms with Gasteiger partial charge in [-0.1, -0.05) is 6.07 Å². The maximum absolute atomic E-state index is 12.0. The third kappa shape index (κ3) is 1.25. The lowest BCUT2D eigenvalue weighted by Gasteiger charge is -2.11. The lowest BCUT2D eigenvalue weighted by atomic mass is 10.2. The predicted molar refractivity (Wildman–Crippen MR) is 62.0 cm³/mol. The number of nitrogens with zero attached hydrogens (tertiary/aromatic N) is 2. The van der Waals surface area contributed by atoms with Crippen LogP contribution in [-0.4, -0.2) is 9.36 Å². The van der Waals surface area contributed by atoms with Crippen molar-refractivity contribution in [2.24, 2.45) is 7.05 Å². The van der Waals surface area contributed by atoms with E-state index in [0.717, 1.165) is 5.52 Å². The van der Waals surface area contributed by atoms with Gasteiger partial charge in [-0.2, -0.15) is 0 Å². The van der Waals surface area contributed by atoms with Crippen molar-refractivity contribution in [3.8, 4) is 0 Å². The van der Waals surface area contributed by atoms with Crippen molar-refractivity contribution in [2.75, 3.05) is 5.73 Å². The third-order valence-corrected chi connectivity index (χ3v) is 2.64. The molecule has 0 bridgehead atoms. The van der Waals surface area contributed by atoms with Gasteiger partial charge in [0.1, 0.15) is 0 Å². The molecule has 0 aliphatic carbocycles. The molecule has 4 nitrogen and oxygen atoms in total. The van der Waals surface area contributed by atoms with Crippen LogP contribution in [0.25, 0.3) is 10.9 Å². The Labute approximate surface area is 87.9 Å². The van der Waals surface area contributed by atoms with Gasteiger partial charge >= 0.3 is 0 Å². The lowest BCUT2D eigenvalue weighted by Crippen LogP contribution is -2.23. The van der Waals surface area contributed by atoms with Crippen LogP contribution >= 0.6 is 0 Å². The first kappa shape index (κ1) is 9.83. The summed E-state index contributed by atoms with van der Waals surface area (Å²) in [5.74, 6) is 0. The highest BCUT2D eigenvalue weighted by atomic mass is 16.1. The molecule has 15 heavy (non-hydrogen) atoms. The van der Waals surface area contributed by atoms with Crippen LogP contribution in [0.15, 0.2) is 23.0 Å². The van der Waals surface area contributed by atoms with Gasteiger partial charge < -0.3 is 5.73 Å². The summed E-state index contributed by atoms with van der Waals surface area (Å²) in [4.78, 5) is 12.0. The van der Waals surface area contributed by atoms with E-state index in [0.29, 0.717) is 11.1 Å². The van der Waals surface area contributed by atoms with Crippen LogP contribution in [0, 0.1) is 0 Å². The van der Waals surface area contributed by atoms with Crippen molar-refractivity contribution >= 4 is 16.6 Å². The molecule has 0 unspecified atom stereocenters. The van der Waals surface area contributed by atoms with Crippen LogP contribution in [0.1, 0.15) is 19.9 Å². The largest absolute Gasteiger partial charge is 0.397 e. The molecule has 0 fully saturated rings.